The summed E-state index contributed by atoms with van der Waals surface area (Å²) in [7, 11) is 0. The first-order valence-corrected chi connectivity index (χ1v) is 14.4. The van der Waals surface area contributed by atoms with Gasteiger partial charge in [0, 0.05) is 25.7 Å². The molecule has 184 valence electrons. The molecule has 0 radical (unpaired) electrons. The molecule has 0 amide bonds. The monoisotopic (exact) mass is 581 g/mol. The molecule has 0 saturated carbocycles. The molecule has 0 aliphatic heterocycles. The van der Waals surface area contributed by atoms with Crippen molar-refractivity contribution in [1.29, 1.82) is 0 Å². The van der Waals surface area contributed by atoms with E-state index in [1.54, 1.807) is 11.3 Å². The molecule has 0 atom stereocenters. The Hall–Kier alpha value is -4.32. The van der Waals surface area contributed by atoms with E-state index in [0.717, 1.165) is 37.0 Å². The maximum Gasteiger partial charge on any atom is 0.235 e. The van der Waals surface area contributed by atoms with Crippen LogP contribution in [0.2, 0.25) is 0 Å². The Morgan fingerprint density at radius 3 is 2.15 bits per heavy atom. The van der Waals surface area contributed by atoms with Crippen molar-refractivity contribution in [3.63, 3.8) is 0 Å². The van der Waals surface area contributed by atoms with Crippen LogP contribution in [0.1, 0.15) is 0 Å². The van der Waals surface area contributed by atoms with Gasteiger partial charge in [-0.15, -0.1) is 11.3 Å². The molecule has 0 spiro atoms. The van der Waals surface area contributed by atoms with E-state index in [2.05, 4.69) is 136 Å². The first-order chi connectivity index (χ1) is 19.2. The molecule has 5 aromatic carbocycles. The van der Waals surface area contributed by atoms with Gasteiger partial charge in [-0.25, -0.2) is 9.97 Å². The van der Waals surface area contributed by atoms with Gasteiger partial charge in [0.15, 0.2) is 0 Å². The number of nitrogens with zero attached hydrogens (tertiary/aromatic N) is 3. The van der Waals surface area contributed by atoms with Crippen LogP contribution in [-0.2, 0) is 0 Å². The molecule has 0 N–H and O–H groups in total. The first kappa shape index (κ1) is 22.6. The molecule has 0 bridgehead atoms. The highest BCUT2D eigenvalue weighted by Crippen LogP contribution is 2.41. The Morgan fingerprint density at radius 1 is 0.615 bits per heavy atom. The van der Waals surface area contributed by atoms with Crippen molar-refractivity contribution in [2.24, 2.45) is 0 Å². The molecule has 8 aromatic rings. The van der Waals surface area contributed by atoms with Crippen LogP contribution in [0.25, 0.3) is 70.4 Å². The molecule has 39 heavy (non-hydrogen) atoms. The summed E-state index contributed by atoms with van der Waals surface area (Å²) in [6.07, 6.45) is 0. The number of benzene rings is 5. The summed E-state index contributed by atoms with van der Waals surface area (Å²) in [6.45, 7) is 0. The van der Waals surface area contributed by atoms with Crippen LogP contribution in [0.3, 0.4) is 0 Å². The van der Waals surface area contributed by atoms with E-state index >= 15 is 0 Å². The SMILES string of the molecule is Brc1ccc2c(c1)c1c3ccccc3ccc1n2-c1nc(-c2ccccc2)c2sc(-c3ccccc3)cc2n1. The van der Waals surface area contributed by atoms with Crippen molar-refractivity contribution in [3.8, 4) is 27.6 Å². The van der Waals surface area contributed by atoms with Crippen LogP contribution < -0.4 is 0 Å². The lowest BCUT2D eigenvalue weighted by Gasteiger charge is -2.10. The lowest BCUT2D eigenvalue weighted by molar-refractivity contribution is 1.02. The number of fused-ring (bicyclic) bond motifs is 6. The number of hydrogen-bond acceptors (Lipinski definition) is 3. The highest BCUT2D eigenvalue weighted by molar-refractivity contribution is 9.10. The third-order valence-corrected chi connectivity index (χ3v) is 8.96. The van der Waals surface area contributed by atoms with Crippen molar-refractivity contribution in [2.45, 2.75) is 0 Å². The number of thiophene rings is 1. The van der Waals surface area contributed by atoms with Gasteiger partial charge in [-0.2, -0.15) is 0 Å². The molecule has 0 unspecified atom stereocenters. The van der Waals surface area contributed by atoms with E-state index in [1.807, 2.05) is 6.07 Å². The van der Waals surface area contributed by atoms with E-state index in [4.69, 9.17) is 9.97 Å². The largest absolute Gasteiger partial charge is 0.278 e. The van der Waals surface area contributed by atoms with Gasteiger partial charge in [0.1, 0.15) is 0 Å². The van der Waals surface area contributed by atoms with Crippen LogP contribution in [0, 0.1) is 0 Å². The lowest BCUT2D eigenvalue weighted by atomic mass is 10.0. The van der Waals surface area contributed by atoms with E-state index < -0.39 is 0 Å². The van der Waals surface area contributed by atoms with E-state index in [0.29, 0.717) is 5.95 Å². The van der Waals surface area contributed by atoms with Crippen molar-refractivity contribution in [1.82, 2.24) is 14.5 Å². The zero-order valence-corrected chi connectivity index (χ0v) is 23.1. The molecule has 5 heteroatoms. The first-order valence-electron chi connectivity index (χ1n) is 12.8. The smallest absolute Gasteiger partial charge is 0.235 e. The number of aromatic nitrogens is 3. The maximum absolute atomic E-state index is 5.27. The molecule has 3 nitrogen and oxygen atoms in total. The third kappa shape index (κ3) is 3.62. The summed E-state index contributed by atoms with van der Waals surface area (Å²) in [4.78, 5) is 11.7. The van der Waals surface area contributed by atoms with Gasteiger partial charge in [-0.1, -0.05) is 107 Å². The molecule has 0 aliphatic rings. The molecule has 0 fully saturated rings. The van der Waals surface area contributed by atoms with Gasteiger partial charge in [0.2, 0.25) is 5.95 Å². The summed E-state index contributed by atoms with van der Waals surface area (Å²) in [5.41, 5.74) is 6.36. The Balaban J connectivity index is 1.49. The summed E-state index contributed by atoms with van der Waals surface area (Å²) in [6, 6.07) is 42.6. The van der Waals surface area contributed by atoms with Crippen LogP contribution in [0.5, 0.6) is 0 Å². The third-order valence-electron chi connectivity index (χ3n) is 7.28. The van der Waals surface area contributed by atoms with Crippen LogP contribution in [-0.4, -0.2) is 14.5 Å². The minimum absolute atomic E-state index is 0.677. The Kier molecular flexibility index (Phi) is 5.15. The molecule has 8 rings (SSSR count). The highest BCUT2D eigenvalue weighted by Gasteiger charge is 2.20. The van der Waals surface area contributed by atoms with E-state index in [-0.39, 0.29) is 0 Å². The summed E-state index contributed by atoms with van der Waals surface area (Å²) in [5.74, 6) is 0.677. The second kappa shape index (κ2) is 8.87. The average Bonchev–Trinajstić information content (AvgIpc) is 3.57. The summed E-state index contributed by atoms with van der Waals surface area (Å²) < 4.78 is 4.36. The second-order valence-corrected chi connectivity index (χ2v) is 11.6. The van der Waals surface area contributed by atoms with Crippen LogP contribution in [0.15, 0.2) is 126 Å². The number of hydrogen-bond donors (Lipinski definition) is 0. The van der Waals surface area contributed by atoms with Crippen molar-refractivity contribution in [3.05, 3.63) is 126 Å². The van der Waals surface area contributed by atoms with Crippen molar-refractivity contribution in [2.75, 3.05) is 0 Å². The van der Waals surface area contributed by atoms with Crippen molar-refractivity contribution >= 4 is 70.1 Å². The summed E-state index contributed by atoms with van der Waals surface area (Å²) >= 11 is 5.46. The standard InChI is InChI=1S/C34H20BrN3S/c35-24-16-18-28-26(19-24)31-25-14-8-7-9-21(25)15-17-29(31)38(28)34-36-27-20-30(22-10-3-1-4-11-22)39-33(27)32(37-34)23-12-5-2-6-13-23/h1-20H. The van der Waals surface area contributed by atoms with Gasteiger partial charge < -0.3 is 0 Å². The molecule has 3 aromatic heterocycles. The number of halogens is 1. The average molecular weight is 583 g/mol. The van der Waals surface area contributed by atoms with E-state index in [1.165, 1.54) is 32.0 Å². The predicted molar refractivity (Wildman–Crippen MR) is 168 cm³/mol. The zero-order valence-electron chi connectivity index (χ0n) is 20.7. The molecule has 0 aliphatic carbocycles. The fourth-order valence-corrected chi connectivity index (χ4v) is 7.01. The fourth-order valence-electron chi connectivity index (χ4n) is 5.53. The van der Waals surface area contributed by atoms with Gasteiger partial charge >= 0.3 is 0 Å². The Labute approximate surface area is 237 Å². The van der Waals surface area contributed by atoms with Gasteiger partial charge in [0.05, 0.1) is 26.9 Å². The normalized spacial score (nSPS) is 11.7. The highest BCUT2D eigenvalue weighted by atomic mass is 79.9. The second-order valence-electron chi connectivity index (χ2n) is 9.61. The van der Waals surface area contributed by atoms with Gasteiger partial charge in [0.25, 0.3) is 0 Å². The molecular weight excluding hydrogens is 562 g/mol. The minimum atomic E-state index is 0.677. The van der Waals surface area contributed by atoms with Gasteiger partial charge in [-0.3, -0.25) is 4.57 Å². The zero-order chi connectivity index (χ0) is 25.9. The Morgan fingerprint density at radius 2 is 1.33 bits per heavy atom. The van der Waals surface area contributed by atoms with Gasteiger partial charge in [-0.05, 0) is 46.7 Å². The topological polar surface area (TPSA) is 30.7 Å². The minimum Gasteiger partial charge on any atom is -0.278 e. The van der Waals surface area contributed by atoms with Crippen LogP contribution in [0.4, 0.5) is 0 Å². The fraction of sp³-hybridized carbons (Fsp3) is 0. The summed E-state index contributed by atoms with van der Waals surface area (Å²) in [5, 5.41) is 4.83. The lowest BCUT2D eigenvalue weighted by Crippen LogP contribution is -2.02. The predicted octanol–water partition coefficient (Wildman–Crippen LogP) is 10.0. The van der Waals surface area contributed by atoms with Crippen molar-refractivity contribution < 1.29 is 0 Å². The maximum atomic E-state index is 5.27. The molecule has 0 saturated heterocycles. The number of rotatable bonds is 3. The Bertz CT molecular complexity index is 2180. The molecule has 3 heterocycles. The van der Waals surface area contributed by atoms with Crippen LogP contribution >= 0.6 is 27.3 Å². The quantitative estimate of drug-likeness (QED) is 0.208. The van der Waals surface area contributed by atoms with E-state index in [9.17, 15) is 0 Å². The molecular formula is C34H20BrN3S.